The van der Waals surface area contributed by atoms with E-state index >= 15 is 0 Å². The fourth-order valence-corrected chi connectivity index (χ4v) is 2.98. The molecular weight excluding hydrogens is 238 g/mol. The Morgan fingerprint density at radius 1 is 1.29 bits per heavy atom. The van der Waals surface area contributed by atoms with Crippen molar-refractivity contribution >= 4 is 23.0 Å². The largest absolute Gasteiger partial charge is 0.444 e. The number of ether oxygens (including phenoxy) is 1. The lowest BCUT2D eigenvalue weighted by Gasteiger charge is -2.24. The molecule has 17 heavy (non-hydrogen) atoms. The minimum atomic E-state index is -0.480. The fourth-order valence-electron chi connectivity index (χ4n) is 1.90. The maximum atomic E-state index is 11.6. The molecule has 1 rings (SSSR count). The molecule has 4 nitrogen and oxygen atoms in total. The van der Waals surface area contributed by atoms with Gasteiger partial charge in [-0.05, 0) is 33.6 Å². The smallest absolute Gasteiger partial charge is 0.407 e. The molecule has 0 aromatic carbocycles. The first-order valence-corrected chi connectivity index (χ1v) is 6.82. The molecule has 0 unspecified atom stereocenters. The van der Waals surface area contributed by atoms with Gasteiger partial charge in [0.25, 0.3) is 0 Å². The third kappa shape index (κ3) is 5.44. The highest BCUT2D eigenvalue weighted by molar-refractivity contribution is 8.14. The van der Waals surface area contributed by atoms with E-state index in [1.807, 2.05) is 20.8 Å². The SMILES string of the molecule is CC(=O)S[C@H]1CCC[C@H]1NC(=O)OC(C)(C)C. The molecule has 1 aliphatic rings. The zero-order valence-electron chi connectivity index (χ0n) is 10.9. The Balaban J connectivity index is 2.44. The molecule has 0 aliphatic heterocycles. The maximum Gasteiger partial charge on any atom is 0.407 e. The second kappa shape index (κ2) is 5.76. The molecule has 0 bridgehead atoms. The van der Waals surface area contributed by atoms with E-state index in [1.54, 1.807) is 6.92 Å². The Bertz CT molecular complexity index is 299. The molecule has 0 radical (unpaired) electrons. The Morgan fingerprint density at radius 3 is 2.47 bits per heavy atom. The van der Waals surface area contributed by atoms with Crippen LogP contribution in [0, 0.1) is 0 Å². The quantitative estimate of drug-likeness (QED) is 0.828. The maximum absolute atomic E-state index is 11.6. The molecule has 0 saturated heterocycles. The Kier molecular flexibility index (Phi) is 4.86. The summed E-state index contributed by atoms with van der Waals surface area (Å²) in [6, 6.07) is 0.0544. The van der Waals surface area contributed by atoms with E-state index in [1.165, 1.54) is 11.8 Å². The first kappa shape index (κ1) is 14.4. The van der Waals surface area contributed by atoms with Gasteiger partial charge in [-0.15, -0.1) is 0 Å². The van der Waals surface area contributed by atoms with Crippen LogP contribution in [0.3, 0.4) is 0 Å². The van der Waals surface area contributed by atoms with Crippen LogP contribution >= 0.6 is 11.8 Å². The highest BCUT2D eigenvalue weighted by Crippen LogP contribution is 2.30. The lowest BCUT2D eigenvalue weighted by molar-refractivity contribution is -0.109. The molecule has 1 saturated carbocycles. The van der Waals surface area contributed by atoms with Crippen LogP contribution in [0.4, 0.5) is 4.79 Å². The van der Waals surface area contributed by atoms with E-state index in [0.29, 0.717) is 0 Å². The van der Waals surface area contributed by atoms with Gasteiger partial charge in [-0.1, -0.05) is 18.2 Å². The van der Waals surface area contributed by atoms with Gasteiger partial charge in [-0.3, -0.25) is 4.79 Å². The van der Waals surface area contributed by atoms with Crippen LogP contribution < -0.4 is 5.32 Å². The topological polar surface area (TPSA) is 55.4 Å². The van der Waals surface area contributed by atoms with E-state index in [9.17, 15) is 9.59 Å². The van der Waals surface area contributed by atoms with Crippen molar-refractivity contribution in [3.05, 3.63) is 0 Å². The van der Waals surface area contributed by atoms with Crippen LogP contribution in [0.25, 0.3) is 0 Å². The number of rotatable bonds is 2. The predicted octanol–water partition coefficient (Wildman–Crippen LogP) is 2.71. The summed E-state index contributed by atoms with van der Waals surface area (Å²) >= 11 is 1.32. The molecule has 0 aromatic heterocycles. The van der Waals surface area contributed by atoms with Gasteiger partial charge in [0.1, 0.15) is 5.60 Å². The van der Waals surface area contributed by atoms with Gasteiger partial charge in [0.15, 0.2) is 5.12 Å². The summed E-state index contributed by atoms with van der Waals surface area (Å²) in [5, 5.41) is 3.16. The summed E-state index contributed by atoms with van der Waals surface area (Å²) in [6.45, 7) is 7.07. The van der Waals surface area contributed by atoms with Crippen molar-refractivity contribution in [3.8, 4) is 0 Å². The van der Waals surface area contributed by atoms with Crippen LogP contribution in [0.2, 0.25) is 0 Å². The summed E-state index contributed by atoms with van der Waals surface area (Å²) in [5.41, 5.74) is -0.480. The Morgan fingerprint density at radius 2 is 1.94 bits per heavy atom. The van der Waals surface area contributed by atoms with Crippen LogP contribution in [-0.4, -0.2) is 28.1 Å². The van der Waals surface area contributed by atoms with Crippen molar-refractivity contribution in [2.75, 3.05) is 0 Å². The molecule has 1 aliphatic carbocycles. The molecule has 98 valence electrons. The number of nitrogens with one attached hydrogen (secondary N) is 1. The molecule has 0 spiro atoms. The molecule has 1 N–H and O–H groups in total. The van der Waals surface area contributed by atoms with E-state index in [-0.39, 0.29) is 16.4 Å². The van der Waals surface area contributed by atoms with E-state index < -0.39 is 11.7 Å². The van der Waals surface area contributed by atoms with Crippen molar-refractivity contribution in [1.29, 1.82) is 0 Å². The normalized spacial score (nSPS) is 24.5. The molecule has 1 fully saturated rings. The molecule has 1 amide bonds. The minimum Gasteiger partial charge on any atom is -0.444 e. The average Bonchev–Trinajstić information content (AvgIpc) is 2.47. The van der Waals surface area contributed by atoms with Crippen molar-refractivity contribution in [1.82, 2.24) is 5.32 Å². The van der Waals surface area contributed by atoms with E-state index in [2.05, 4.69) is 5.32 Å². The summed E-state index contributed by atoms with van der Waals surface area (Å²) in [5.74, 6) is 0. The lowest BCUT2D eigenvalue weighted by atomic mass is 10.2. The van der Waals surface area contributed by atoms with Crippen molar-refractivity contribution in [2.24, 2.45) is 0 Å². The number of alkyl carbamates (subject to hydrolysis) is 1. The number of carbonyl (C=O) groups excluding carboxylic acids is 2. The molecule has 0 heterocycles. The van der Waals surface area contributed by atoms with Gasteiger partial charge < -0.3 is 10.1 Å². The highest BCUT2D eigenvalue weighted by Gasteiger charge is 2.31. The number of thioether (sulfide) groups is 1. The van der Waals surface area contributed by atoms with Gasteiger partial charge in [0, 0.05) is 18.2 Å². The highest BCUT2D eigenvalue weighted by atomic mass is 32.2. The van der Waals surface area contributed by atoms with Gasteiger partial charge in [-0.25, -0.2) is 4.79 Å². The van der Waals surface area contributed by atoms with E-state index in [0.717, 1.165) is 19.3 Å². The number of carbonyl (C=O) groups is 2. The number of amides is 1. The van der Waals surface area contributed by atoms with Crippen LogP contribution in [0.5, 0.6) is 0 Å². The summed E-state index contributed by atoms with van der Waals surface area (Å²) < 4.78 is 5.21. The summed E-state index contributed by atoms with van der Waals surface area (Å²) in [7, 11) is 0. The second-order valence-corrected chi connectivity index (χ2v) is 6.75. The van der Waals surface area contributed by atoms with Gasteiger partial charge in [0.2, 0.25) is 0 Å². The zero-order valence-corrected chi connectivity index (χ0v) is 11.7. The molecule has 0 aromatic rings. The van der Waals surface area contributed by atoms with Crippen molar-refractivity contribution in [2.45, 2.75) is 63.9 Å². The van der Waals surface area contributed by atoms with Crippen LogP contribution in [0.1, 0.15) is 47.0 Å². The van der Waals surface area contributed by atoms with Crippen molar-refractivity contribution in [3.63, 3.8) is 0 Å². The van der Waals surface area contributed by atoms with E-state index in [4.69, 9.17) is 4.74 Å². The second-order valence-electron chi connectivity index (χ2n) is 5.33. The summed E-state index contributed by atoms with van der Waals surface area (Å²) in [4.78, 5) is 22.7. The predicted molar refractivity (Wildman–Crippen MR) is 69.1 cm³/mol. The Labute approximate surface area is 107 Å². The van der Waals surface area contributed by atoms with Gasteiger partial charge in [0.05, 0.1) is 0 Å². The minimum absolute atomic E-state index is 0.0544. The third-order valence-electron chi connectivity index (χ3n) is 2.47. The fraction of sp³-hybridized carbons (Fsp3) is 0.833. The van der Waals surface area contributed by atoms with Gasteiger partial charge in [-0.2, -0.15) is 0 Å². The third-order valence-corrected chi connectivity index (χ3v) is 3.67. The Hall–Kier alpha value is -0.710. The molecule has 2 atom stereocenters. The lowest BCUT2D eigenvalue weighted by Crippen LogP contribution is -2.42. The first-order valence-electron chi connectivity index (χ1n) is 5.94. The number of hydrogen-bond acceptors (Lipinski definition) is 4. The zero-order chi connectivity index (χ0) is 13.1. The van der Waals surface area contributed by atoms with Crippen LogP contribution in [-0.2, 0) is 9.53 Å². The standard InChI is InChI=1S/C12H21NO3S/c1-8(14)17-10-7-5-6-9(10)13-11(15)16-12(2,3)4/h9-10H,5-7H2,1-4H3,(H,13,15)/t9-,10+/m1/s1. The summed E-state index contributed by atoms with van der Waals surface area (Å²) in [6.07, 6.45) is 2.55. The average molecular weight is 259 g/mol. The molecular formula is C12H21NO3S. The number of hydrogen-bond donors (Lipinski definition) is 1. The monoisotopic (exact) mass is 259 g/mol. The van der Waals surface area contributed by atoms with Crippen LogP contribution in [0.15, 0.2) is 0 Å². The van der Waals surface area contributed by atoms with Crippen molar-refractivity contribution < 1.29 is 14.3 Å². The van der Waals surface area contributed by atoms with Gasteiger partial charge >= 0.3 is 6.09 Å². The first-order chi connectivity index (χ1) is 7.78. The molecule has 5 heteroatoms.